The van der Waals surface area contributed by atoms with Gasteiger partial charge in [-0.15, -0.1) is 0 Å². The Morgan fingerprint density at radius 3 is 0.828 bits per heavy atom. The molecule has 64 heavy (non-hydrogen) atoms. The van der Waals surface area contributed by atoms with Gasteiger partial charge in [0.05, 0.1) is 58.6 Å². The number of phenolic OH excluding ortho intramolecular Hbond substituents is 4. The first-order valence-electron chi connectivity index (χ1n) is 18.0. The van der Waals surface area contributed by atoms with Crippen LogP contribution in [0.3, 0.4) is 0 Å². The highest BCUT2D eigenvalue weighted by Crippen LogP contribution is 2.53. The highest BCUT2D eigenvalue weighted by molar-refractivity contribution is 9.13. The van der Waals surface area contributed by atoms with Gasteiger partial charge in [0, 0.05) is 84.5 Å². The summed E-state index contributed by atoms with van der Waals surface area (Å²) in [7, 11) is 0. The summed E-state index contributed by atoms with van der Waals surface area (Å²) in [6, 6.07) is 14.8. The van der Waals surface area contributed by atoms with Crippen LogP contribution in [0.5, 0.6) is 23.0 Å². The van der Waals surface area contributed by atoms with Crippen LogP contribution in [0, 0.1) is 0 Å². The molecule has 5 heterocycles. The van der Waals surface area contributed by atoms with Crippen molar-refractivity contribution in [2.75, 3.05) is 0 Å². The molecule has 6 N–H and O–H groups in total. The van der Waals surface area contributed by atoms with Gasteiger partial charge < -0.3 is 30.4 Å². The Labute approximate surface area is 464 Å². The van der Waals surface area contributed by atoms with E-state index in [0.29, 0.717) is 143 Å². The molecule has 0 unspecified atom stereocenters. The summed E-state index contributed by atoms with van der Waals surface area (Å²) in [5.74, 6) is -0.0402. The SMILES string of the molecule is Oc1c(Br)cc(Br)c(-c2c3nc(c(-c4c(Br)cc(Br)c(O)c4Br)c4ccc([nH]4)c(-c4c(Br)cc(Br)c(O)c4Br)c4ccc([nH]4)c(-c4c(Br)cc(Br)c(O)c4Br)c4nc2C=C4)C=C3)c1Br. The van der Waals surface area contributed by atoms with Crippen molar-refractivity contribution in [3.05, 3.63) is 125 Å². The minimum Gasteiger partial charge on any atom is -0.506 e. The average Bonchev–Trinajstić information content (AvgIpc) is 4.09. The maximum absolute atomic E-state index is 11.3. The fraction of sp³-hybridized carbons (Fsp3) is 0. The number of nitrogens with one attached hydrogen (secondary N) is 2. The first-order valence-corrected chi connectivity index (χ1v) is 27.5. The zero-order chi connectivity index (χ0) is 45.8. The maximum Gasteiger partial charge on any atom is 0.144 e. The molecule has 0 spiro atoms. The van der Waals surface area contributed by atoms with Crippen molar-refractivity contribution in [3.63, 3.8) is 0 Å². The van der Waals surface area contributed by atoms with Crippen molar-refractivity contribution < 1.29 is 20.4 Å². The zero-order valence-corrected chi connectivity index (χ0v) is 50.2. The van der Waals surface area contributed by atoms with Crippen molar-refractivity contribution in [3.8, 4) is 67.5 Å². The maximum atomic E-state index is 11.3. The van der Waals surface area contributed by atoms with Gasteiger partial charge >= 0.3 is 0 Å². The molecule has 8 bridgehead atoms. The van der Waals surface area contributed by atoms with E-state index in [1.165, 1.54) is 0 Å². The molecule has 322 valence electrons. The first-order chi connectivity index (χ1) is 30.4. The smallest absolute Gasteiger partial charge is 0.144 e. The Hall–Kier alpha value is -1.56. The number of rotatable bonds is 4. The van der Waals surface area contributed by atoms with Gasteiger partial charge in [-0.25, -0.2) is 9.97 Å². The van der Waals surface area contributed by atoms with Gasteiger partial charge in [0.15, 0.2) is 0 Å². The van der Waals surface area contributed by atoms with Crippen LogP contribution in [0.2, 0.25) is 0 Å². The molecule has 7 aromatic rings. The molecule has 0 saturated heterocycles. The third kappa shape index (κ3) is 8.09. The number of nitrogens with zero attached hydrogens (tertiary/aromatic N) is 2. The van der Waals surface area contributed by atoms with E-state index < -0.39 is 0 Å². The molecule has 0 amide bonds. The predicted octanol–water partition coefficient (Wildman–Crippen LogP) is 19.3. The monoisotopic (exact) mass is 1610 g/mol. The molecular weight excluding hydrogens is 1610 g/mol. The zero-order valence-electron chi connectivity index (χ0n) is 31.1. The highest BCUT2D eigenvalue weighted by atomic mass is 79.9. The number of fused-ring (bicyclic) bond motifs is 8. The number of H-pyrrole nitrogens is 2. The minimum absolute atomic E-state index is 0.00116. The van der Waals surface area contributed by atoms with Crippen LogP contribution in [-0.2, 0) is 0 Å². The lowest BCUT2D eigenvalue weighted by molar-refractivity contribution is 0.468. The van der Waals surface area contributed by atoms with Crippen LogP contribution in [0.25, 0.3) is 90.9 Å². The number of aromatic amines is 2. The minimum atomic E-state index is -0.0189. The lowest BCUT2D eigenvalue weighted by Crippen LogP contribution is -1.94. The van der Waals surface area contributed by atoms with Crippen LogP contribution in [-0.4, -0.2) is 40.4 Å². The quantitative estimate of drug-likeness (QED) is 0.104. The molecular formula is C44H18Br12N4O4. The van der Waals surface area contributed by atoms with Crippen molar-refractivity contribution >= 4 is 238 Å². The summed E-state index contributed by atoms with van der Waals surface area (Å²) in [5.41, 5.74) is 9.64. The van der Waals surface area contributed by atoms with Crippen LogP contribution >= 0.6 is 191 Å². The summed E-state index contributed by atoms with van der Waals surface area (Å²) < 4.78 is 6.17. The van der Waals surface area contributed by atoms with E-state index in [0.717, 1.165) is 0 Å². The number of hydrogen-bond donors (Lipinski definition) is 6. The molecule has 0 aliphatic carbocycles. The van der Waals surface area contributed by atoms with Crippen LogP contribution in [0.15, 0.2) is 102 Å². The van der Waals surface area contributed by atoms with Gasteiger partial charge in [0.25, 0.3) is 0 Å². The molecule has 3 aromatic heterocycles. The normalized spacial score (nSPS) is 12.2. The van der Waals surface area contributed by atoms with Crippen molar-refractivity contribution in [1.82, 2.24) is 19.9 Å². The Morgan fingerprint density at radius 1 is 0.297 bits per heavy atom. The number of aromatic hydroxyl groups is 4. The largest absolute Gasteiger partial charge is 0.506 e. The molecule has 2 aliphatic rings. The molecule has 9 rings (SSSR count). The summed E-state index contributed by atoms with van der Waals surface area (Å²) in [6.07, 6.45) is 7.56. The van der Waals surface area contributed by atoms with Gasteiger partial charge in [0.1, 0.15) is 23.0 Å². The summed E-state index contributed by atoms with van der Waals surface area (Å²) >= 11 is 43.8. The fourth-order valence-corrected chi connectivity index (χ4v) is 17.6. The summed E-state index contributed by atoms with van der Waals surface area (Å²) in [4.78, 5) is 18.0. The second-order valence-corrected chi connectivity index (χ2v) is 24.0. The third-order valence-corrected chi connectivity index (χ3v) is 18.3. The van der Waals surface area contributed by atoms with Crippen LogP contribution in [0.1, 0.15) is 22.8 Å². The Balaban J connectivity index is 1.57. The van der Waals surface area contributed by atoms with Crippen LogP contribution in [0.4, 0.5) is 0 Å². The van der Waals surface area contributed by atoms with E-state index in [4.69, 9.17) is 9.97 Å². The second kappa shape index (κ2) is 18.4. The Bertz CT molecular complexity index is 3330. The molecule has 0 fully saturated rings. The summed E-state index contributed by atoms with van der Waals surface area (Å²) in [6.45, 7) is 0. The molecule has 2 aliphatic heterocycles. The number of phenols is 4. The number of benzene rings is 4. The van der Waals surface area contributed by atoms with Gasteiger partial charge in [-0.3, -0.25) is 0 Å². The fourth-order valence-electron chi connectivity index (χ4n) is 7.49. The van der Waals surface area contributed by atoms with E-state index in [1.807, 2.05) is 48.6 Å². The van der Waals surface area contributed by atoms with Gasteiger partial charge in [-0.1, -0.05) is 63.7 Å². The lowest BCUT2D eigenvalue weighted by Gasteiger charge is -2.14. The number of hydrogen-bond acceptors (Lipinski definition) is 6. The third-order valence-electron chi connectivity index (χ3n) is 10.3. The van der Waals surface area contributed by atoms with E-state index in [1.54, 1.807) is 24.3 Å². The van der Waals surface area contributed by atoms with Crippen molar-refractivity contribution in [2.24, 2.45) is 0 Å². The van der Waals surface area contributed by atoms with Gasteiger partial charge in [-0.2, -0.15) is 0 Å². The lowest BCUT2D eigenvalue weighted by atomic mass is 10.0. The molecule has 0 radical (unpaired) electrons. The van der Waals surface area contributed by atoms with Crippen molar-refractivity contribution in [1.29, 1.82) is 0 Å². The molecule has 8 nitrogen and oxygen atoms in total. The topological polar surface area (TPSA) is 138 Å². The van der Waals surface area contributed by atoms with Gasteiger partial charge in [-0.05, 0) is 200 Å². The predicted molar refractivity (Wildman–Crippen MR) is 300 cm³/mol. The Kier molecular flexibility index (Phi) is 13.7. The van der Waals surface area contributed by atoms with E-state index in [9.17, 15) is 20.4 Å². The highest BCUT2D eigenvalue weighted by Gasteiger charge is 2.28. The first kappa shape index (κ1) is 47.5. The molecule has 0 saturated carbocycles. The van der Waals surface area contributed by atoms with E-state index in [-0.39, 0.29) is 23.0 Å². The molecule has 0 atom stereocenters. The average molecular weight is 1630 g/mol. The number of halogens is 12. The van der Waals surface area contributed by atoms with E-state index >= 15 is 0 Å². The molecule has 4 aromatic carbocycles. The second-order valence-electron chi connectivity index (χ2n) is 14.0. The summed E-state index contributed by atoms with van der Waals surface area (Å²) in [5, 5.41) is 45.3. The molecule has 20 heteroatoms. The van der Waals surface area contributed by atoms with Gasteiger partial charge in [0.2, 0.25) is 0 Å². The standard InChI is InChI=1S/C44H18Br12N4O4/c45-13-9-17(49)41(61)37(53)29(13)33-21-1-2-22(57-21)34(30-14(46)10-18(50)42(62)38(30)54)24-5-6-26(59-24)36(32-16(48)12-20(52)44(64)40(32)56)28-8-7-27(60-28)35(25-4-3-23(33)58-25)31-15(47)11-19(51)43(63)39(31)55/h1-12,57-58,61-64H. The number of aromatic nitrogens is 4. The Morgan fingerprint density at radius 2 is 0.531 bits per heavy atom. The van der Waals surface area contributed by atoms with Crippen molar-refractivity contribution in [2.45, 2.75) is 0 Å². The van der Waals surface area contributed by atoms with E-state index in [2.05, 4.69) is 201 Å². The van der Waals surface area contributed by atoms with Crippen LogP contribution < -0.4 is 0 Å².